The van der Waals surface area contributed by atoms with Crippen molar-refractivity contribution in [2.24, 2.45) is 14.1 Å². The van der Waals surface area contributed by atoms with Gasteiger partial charge in [0.1, 0.15) is 52.3 Å². The van der Waals surface area contributed by atoms with Gasteiger partial charge in [-0.05, 0) is 97.0 Å². The lowest BCUT2D eigenvalue weighted by atomic mass is 10.0. The Morgan fingerprint density at radius 3 is 1.48 bits per heavy atom. The predicted molar refractivity (Wildman–Crippen MR) is 248 cm³/mol. The monoisotopic (exact) mass is 1030 g/mol. The molecule has 8 aromatic rings. The number of rotatable bonds is 2. The minimum Gasteiger partial charge on any atom is -0.369 e. The largest absolute Gasteiger partial charge is 0.369 e. The van der Waals surface area contributed by atoms with Gasteiger partial charge in [-0.2, -0.15) is 10.2 Å². The number of hydrogen-bond acceptors (Lipinski definition) is 14. The highest BCUT2D eigenvalue weighted by Gasteiger charge is 2.26. The van der Waals surface area contributed by atoms with E-state index in [0.717, 1.165) is 50.3 Å². The van der Waals surface area contributed by atoms with Crippen molar-refractivity contribution in [1.82, 2.24) is 63.9 Å². The van der Waals surface area contributed by atoms with Crippen molar-refractivity contribution in [3.8, 4) is 15.0 Å². The minimum absolute atomic E-state index is 0. The Kier molecular flexibility index (Phi) is 14.2. The number of aryl methyl sites for hydroxylation is 8. The molecule has 3 aliphatic heterocycles. The van der Waals surface area contributed by atoms with Gasteiger partial charge in [0.15, 0.2) is 17.5 Å². The molecule has 11 heterocycles. The molecule has 0 aliphatic carbocycles. The van der Waals surface area contributed by atoms with Crippen molar-refractivity contribution in [2.75, 3.05) is 0 Å². The van der Waals surface area contributed by atoms with E-state index in [1.54, 1.807) is 44.9 Å². The third kappa shape index (κ3) is 9.21. The van der Waals surface area contributed by atoms with E-state index in [-0.39, 0.29) is 7.43 Å². The van der Waals surface area contributed by atoms with Crippen LogP contribution in [0.4, 0.5) is 0 Å². The number of halogens is 2. The summed E-state index contributed by atoms with van der Waals surface area (Å²) in [5.41, 5.74) is 7.63. The maximum atomic E-state index is 5.82. The van der Waals surface area contributed by atoms with Gasteiger partial charge < -0.3 is 14.2 Å². The molecule has 16 nitrogen and oxygen atoms in total. The molecular formula is C41H49Br2N13O3S3. The van der Waals surface area contributed by atoms with E-state index in [1.807, 2.05) is 51.9 Å². The van der Waals surface area contributed by atoms with E-state index < -0.39 is 0 Å². The second kappa shape index (κ2) is 19.3. The lowest BCUT2D eigenvalue weighted by Crippen LogP contribution is -2.00. The normalized spacial score (nSPS) is 13.4. The van der Waals surface area contributed by atoms with Crippen molar-refractivity contribution in [3.05, 3.63) is 117 Å². The zero-order valence-electron chi connectivity index (χ0n) is 35.3. The van der Waals surface area contributed by atoms with Gasteiger partial charge in [-0.15, -0.1) is 64.6 Å². The van der Waals surface area contributed by atoms with Gasteiger partial charge in [0.2, 0.25) is 0 Å². The molecule has 0 atom stereocenters. The highest BCUT2D eigenvalue weighted by Crippen LogP contribution is 2.39. The molecule has 3 aliphatic rings. The SMILES string of the molecule is C.Cc1sc2c(c1Br)COCc1nnc(C)n1-2.Cc1sc2c(c1C)COCc1nnc(C)n1-2.Cc1sc2c(c1Cc1cnn(C)c1)COCc1nnc(C)n1-2.Cn1cc(Br)cn1. The fraction of sp³-hybridized carbons (Fsp3) is 0.415. The first kappa shape index (κ1) is 45.8. The Bertz CT molecular complexity index is 2720. The first-order valence-corrected chi connectivity index (χ1v) is 23.4. The van der Waals surface area contributed by atoms with Gasteiger partial charge in [-0.1, -0.05) is 7.43 Å². The summed E-state index contributed by atoms with van der Waals surface area (Å²) in [4.78, 5) is 3.92. The van der Waals surface area contributed by atoms with Gasteiger partial charge in [0.05, 0.1) is 36.7 Å². The van der Waals surface area contributed by atoms with E-state index in [9.17, 15) is 0 Å². The average molecular weight is 1030 g/mol. The van der Waals surface area contributed by atoms with Crippen LogP contribution < -0.4 is 0 Å². The van der Waals surface area contributed by atoms with E-state index in [2.05, 4.69) is 120 Å². The van der Waals surface area contributed by atoms with Crippen molar-refractivity contribution in [3.63, 3.8) is 0 Å². The van der Waals surface area contributed by atoms with Crippen molar-refractivity contribution >= 4 is 65.9 Å². The van der Waals surface area contributed by atoms with Gasteiger partial charge in [-0.3, -0.25) is 23.1 Å². The molecular weight excluding hydrogens is 979 g/mol. The summed E-state index contributed by atoms with van der Waals surface area (Å²) < 4.78 is 29.2. The second-order valence-corrected chi connectivity index (χ2v) is 20.1. The predicted octanol–water partition coefficient (Wildman–Crippen LogP) is 9.14. The summed E-state index contributed by atoms with van der Waals surface area (Å²) in [5, 5.41) is 36.7. The van der Waals surface area contributed by atoms with Gasteiger partial charge in [0, 0.05) is 68.7 Å². The Labute approximate surface area is 389 Å². The van der Waals surface area contributed by atoms with Crippen molar-refractivity contribution in [2.45, 2.75) is 102 Å². The number of thiophene rings is 3. The van der Waals surface area contributed by atoms with Crippen molar-refractivity contribution in [1.29, 1.82) is 0 Å². The molecule has 0 aromatic carbocycles. The fourth-order valence-corrected chi connectivity index (χ4v) is 11.9. The van der Waals surface area contributed by atoms with Gasteiger partial charge >= 0.3 is 0 Å². The van der Waals surface area contributed by atoms with E-state index >= 15 is 0 Å². The molecule has 0 N–H and O–H groups in total. The molecule has 8 aromatic heterocycles. The summed E-state index contributed by atoms with van der Waals surface area (Å²) in [6, 6.07) is 0. The zero-order chi connectivity index (χ0) is 43.1. The molecule has 0 bridgehead atoms. The van der Waals surface area contributed by atoms with Gasteiger partial charge in [-0.25, -0.2) is 0 Å². The molecule has 21 heteroatoms. The number of ether oxygens (including phenoxy) is 3. The van der Waals surface area contributed by atoms with Crippen LogP contribution in [-0.2, 0) is 74.4 Å². The summed E-state index contributed by atoms with van der Waals surface area (Å²) >= 11 is 12.2. The topological polar surface area (TPSA) is 155 Å². The first-order valence-electron chi connectivity index (χ1n) is 19.3. The Morgan fingerprint density at radius 2 is 1.00 bits per heavy atom. The smallest absolute Gasteiger partial charge is 0.164 e. The van der Waals surface area contributed by atoms with Crippen LogP contribution in [0.2, 0.25) is 0 Å². The maximum absolute atomic E-state index is 5.82. The van der Waals surface area contributed by atoms with Crippen molar-refractivity contribution < 1.29 is 14.2 Å². The Hall–Kier alpha value is -4.22. The standard InChI is InChI=1S/C15H17N5OS.C11H13N3OS.C10H10BrN3OS.C4H5BrN2.CH4/c1-9-12(4-11-5-16-19(3)6-11)13-7-21-8-14-18-17-10(2)20(14)15(13)22-9;1-6-7(2)16-11-9(6)4-15-5-10-13-12-8(3)14(10)11;1-5-9(11)7-3-15-4-8-13-12-6(2)14(8)10(7)16-5;1-7-3-4(5)2-6-7;/h5-6H,4,7-8H2,1-3H3;4-5H2,1-3H3;3-4H2,1-2H3;2-3H,1H3;1H4. The van der Waals surface area contributed by atoms with Crippen LogP contribution >= 0.6 is 65.9 Å². The first-order chi connectivity index (χ1) is 29.3. The van der Waals surface area contributed by atoms with E-state index in [1.165, 1.54) is 63.0 Å². The lowest BCUT2D eigenvalue weighted by Gasteiger charge is -2.05. The Balaban J connectivity index is 0.000000130. The number of hydrogen-bond donors (Lipinski definition) is 0. The van der Waals surface area contributed by atoms with E-state index in [4.69, 9.17) is 14.2 Å². The molecule has 11 rings (SSSR count). The van der Waals surface area contributed by atoms with Crippen LogP contribution in [-0.4, -0.2) is 63.9 Å². The summed E-state index contributed by atoms with van der Waals surface area (Å²) in [7, 11) is 3.82. The molecule has 0 saturated heterocycles. The van der Waals surface area contributed by atoms with Crippen LogP contribution in [0, 0.1) is 48.5 Å². The lowest BCUT2D eigenvalue weighted by molar-refractivity contribution is 0.104. The highest BCUT2D eigenvalue weighted by atomic mass is 79.9. The van der Waals surface area contributed by atoms with Crippen LogP contribution in [0.15, 0.2) is 33.7 Å². The molecule has 0 amide bonds. The van der Waals surface area contributed by atoms with Gasteiger partial charge in [0.25, 0.3) is 0 Å². The number of aromatic nitrogens is 13. The average Bonchev–Trinajstić information content (AvgIpc) is 4.11. The van der Waals surface area contributed by atoms with Crippen LogP contribution in [0.1, 0.15) is 90.4 Å². The van der Waals surface area contributed by atoms with Crippen LogP contribution in [0.5, 0.6) is 0 Å². The fourth-order valence-electron chi connectivity index (χ4n) is 7.22. The summed E-state index contributed by atoms with van der Waals surface area (Å²) in [5.74, 6) is 5.42. The molecule has 0 fully saturated rings. The van der Waals surface area contributed by atoms with Crippen LogP contribution in [0.3, 0.4) is 0 Å². The molecule has 62 heavy (non-hydrogen) atoms. The highest BCUT2D eigenvalue weighted by molar-refractivity contribution is 9.10. The third-order valence-electron chi connectivity index (χ3n) is 10.4. The second-order valence-electron chi connectivity index (χ2n) is 14.7. The molecule has 0 saturated carbocycles. The molecule has 328 valence electrons. The van der Waals surface area contributed by atoms with E-state index in [0.29, 0.717) is 39.6 Å². The Morgan fingerprint density at radius 1 is 0.548 bits per heavy atom. The molecule has 0 spiro atoms. The third-order valence-corrected chi connectivity index (χ3v) is 15.7. The summed E-state index contributed by atoms with van der Waals surface area (Å²) in [6.07, 6.45) is 8.51. The summed E-state index contributed by atoms with van der Waals surface area (Å²) in [6.45, 7) is 18.0. The molecule has 0 radical (unpaired) electrons. The maximum Gasteiger partial charge on any atom is 0.164 e. The minimum atomic E-state index is 0. The molecule has 0 unspecified atom stereocenters. The zero-order valence-corrected chi connectivity index (χ0v) is 40.9. The van der Waals surface area contributed by atoms with Crippen LogP contribution in [0.25, 0.3) is 15.0 Å². The number of nitrogens with zero attached hydrogens (tertiary/aromatic N) is 13. The number of fused-ring (bicyclic) bond motifs is 9. The quantitative estimate of drug-likeness (QED) is 0.163.